The molecule has 5 heteroatoms. The van der Waals surface area contributed by atoms with Crippen molar-refractivity contribution in [3.05, 3.63) is 78.0 Å². The summed E-state index contributed by atoms with van der Waals surface area (Å²) in [5, 5.41) is 12.0. The lowest BCUT2D eigenvalue weighted by Crippen LogP contribution is -2.12. The number of hydrogen-bond donors (Lipinski definition) is 2. The SMILES string of the molecule is COc1ccc(C(=O)Nc2cccc(CO)c2)cc1-c1ccccn1. The van der Waals surface area contributed by atoms with Crippen LogP contribution in [0.1, 0.15) is 15.9 Å². The van der Waals surface area contributed by atoms with E-state index in [1.807, 2.05) is 18.2 Å². The molecule has 3 rings (SSSR count). The molecule has 0 aliphatic carbocycles. The third kappa shape index (κ3) is 3.84. The van der Waals surface area contributed by atoms with Gasteiger partial charge in [0.15, 0.2) is 0 Å². The van der Waals surface area contributed by atoms with Crippen LogP contribution in [0.3, 0.4) is 0 Å². The van der Waals surface area contributed by atoms with Crippen LogP contribution in [0.4, 0.5) is 5.69 Å². The largest absolute Gasteiger partial charge is 0.496 e. The van der Waals surface area contributed by atoms with Gasteiger partial charge in [-0.25, -0.2) is 0 Å². The molecule has 0 saturated heterocycles. The van der Waals surface area contributed by atoms with Crippen molar-refractivity contribution in [2.45, 2.75) is 6.61 Å². The Bertz CT molecular complexity index is 879. The van der Waals surface area contributed by atoms with Crippen molar-refractivity contribution in [1.29, 1.82) is 0 Å². The third-order valence-corrected chi connectivity index (χ3v) is 3.77. The second-order valence-corrected chi connectivity index (χ2v) is 5.44. The summed E-state index contributed by atoms with van der Waals surface area (Å²) < 4.78 is 5.38. The van der Waals surface area contributed by atoms with Crippen molar-refractivity contribution in [1.82, 2.24) is 4.98 Å². The van der Waals surface area contributed by atoms with Gasteiger partial charge in [-0.2, -0.15) is 0 Å². The number of amides is 1. The molecule has 1 heterocycles. The van der Waals surface area contributed by atoms with E-state index in [0.717, 1.165) is 16.8 Å². The van der Waals surface area contributed by atoms with Gasteiger partial charge in [0, 0.05) is 23.0 Å². The first-order valence-electron chi connectivity index (χ1n) is 7.82. The van der Waals surface area contributed by atoms with Crippen LogP contribution in [-0.2, 0) is 6.61 Å². The standard InChI is InChI=1S/C20H18N2O3/c1-25-19-9-8-15(12-17(19)18-7-2-3-10-21-18)20(24)22-16-6-4-5-14(11-16)13-23/h2-12,23H,13H2,1H3,(H,22,24). The summed E-state index contributed by atoms with van der Waals surface area (Å²) in [6.45, 7) is -0.0733. The second kappa shape index (κ2) is 7.59. The lowest BCUT2D eigenvalue weighted by Gasteiger charge is -2.11. The molecule has 3 aromatic rings. The zero-order valence-corrected chi connectivity index (χ0v) is 13.8. The maximum absolute atomic E-state index is 12.6. The van der Waals surface area contributed by atoms with Crippen molar-refractivity contribution in [3.8, 4) is 17.0 Å². The van der Waals surface area contributed by atoms with Crippen LogP contribution >= 0.6 is 0 Å². The van der Waals surface area contributed by atoms with E-state index < -0.39 is 0 Å². The fourth-order valence-electron chi connectivity index (χ4n) is 2.52. The number of pyridine rings is 1. The molecule has 0 spiro atoms. The van der Waals surface area contributed by atoms with Crippen molar-refractivity contribution < 1.29 is 14.6 Å². The first-order valence-corrected chi connectivity index (χ1v) is 7.82. The van der Waals surface area contributed by atoms with Gasteiger partial charge in [-0.05, 0) is 48.0 Å². The molecule has 2 N–H and O–H groups in total. The van der Waals surface area contributed by atoms with E-state index in [1.165, 1.54) is 0 Å². The summed E-state index contributed by atoms with van der Waals surface area (Å²) in [5.41, 5.74) is 3.35. The van der Waals surface area contributed by atoms with Gasteiger partial charge >= 0.3 is 0 Å². The molecule has 0 saturated carbocycles. The van der Waals surface area contributed by atoms with Crippen LogP contribution < -0.4 is 10.1 Å². The van der Waals surface area contributed by atoms with E-state index in [9.17, 15) is 9.90 Å². The predicted octanol–water partition coefficient (Wildman–Crippen LogP) is 3.50. The monoisotopic (exact) mass is 334 g/mol. The zero-order valence-electron chi connectivity index (χ0n) is 13.8. The molecule has 0 atom stereocenters. The van der Waals surface area contributed by atoms with Gasteiger partial charge in [0.2, 0.25) is 0 Å². The minimum absolute atomic E-state index is 0.0733. The van der Waals surface area contributed by atoms with Crippen LogP contribution in [-0.4, -0.2) is 23.1 Å². The Balaban J connectivity index is 1.90. The number of anilines is 1. The molecule has 0 fully saturated rings. The molecule has 126 valence electrons. The average molecular weight is 334 g/mol. The number of carbonyl (C=O) groups excluding carboxylic acids is 1. The van der Waals surface area contributed by atoms with E-state index in [-0.39, 0.29) is 12.5 Å². The number of benzene rings is 2. The summed E-state index contributed by atoms with van der Waals surface area (Å²) >= 11 is 0. The average Bonchev–Trinajstić information content (AvgIpc) is 2.68. The second-order valence-electron chi connectivity index (χ2n) is 5.44. The lowest BCUT2D eigenvalue weighted by molar-refractivity contribution is 0.102. The summed E-state index contributed by atoms with van der Waals surface area (Å²) in [6.07, 6.45) is 1.70. The van der Waals surface area contributed by atoms with Crippen LogP contribution in [0.15, 0.2) is 66.9 Å². The van der Waals surface area contributed by atoms with E-state index in [2.05, 4.69) is 10.3 Å². The molecule has 5 nitrogen and oxygen atoms in total. The van der Waals surface area contributed by atoms with Crippen molar-refractivity contribution in [2.24, 2.45) is 0 Å². The fraction of sp³-hybridized carbons (Fsp3) is 0.100. The van der Waals surface area contributed by atoms with Crippen molar-refractivity contribution >= 4 is 11.6 Å². The molecular formula is C20H18N2O3. The third-order valence-electron chi connectivity index (χ3n) is 3.77. The Morgan fingerprint density at radius 2 is 2.00 bits per heavy atom. The highest BCUT2D eigenvalue weighted by Crippen LogP contribution is 2.29. The Kier molecular flexibility index (Phi) is 5.06. The highest BCUT2D eigenvalue weighted by Gasteiger charge is 2.13. The molecule has 1 aromatic heterocycles. The topological polar surface area (TPSA) is 71.5 Å². The van der Waals surface area contributed by atoms with Crippen LogP contribution in [0.2, 0.25) is 0 Å². The Hall–Kier alpha value is -3.18. The summed E-state index contributed by atoms with van der Waals surface area (Å²) in [7, 11) is 1.59. The maximum atomic E-state index is 12.6. The number of rotatable bonds is 5. The van der Waals surface area contributed by atoms with Gasteiger partial charge in [0.05, 0.1) is 19.4 Å². The minimum Gasteiger partial charge on any atom is -0.496 e. The number of hydrogen-bond acceptors (Lipinski definition) is 4. The van der Waals surface area contributed by atoms with Gasteiger partial charge in [0.1, 0.15) is 5.75 Å². The molecule has 2 aromatic carbocycles. The molecule has 0 bridgehead atoms. The summed E-state index contributed by atoms with van der Waals surface area (Å²) in [6, 6.07) is 17.9. The zero-order chi connectivity index (χ0) is 17.6. The normalized spacial score (nSPS) is 10.3. The Labute approximate surface area is 145 Å². The first kappa shape index (κ1) is 16.7. The number of aliphatic hydroxyl groups excluding tert-OH is 1. The van der Waals surface area contributed by atoms with Crippen LogP contribution in [0.25, 0.3) is 11.3 Å². The Morgan fingerprint density at radius 3 is 2.72 bits per heavy atom. The number of nitrogens with zero attached hydrogens (tertiary/aromatic N) is 1. The van der Waals surface area contributed by atoms with Crippen LogP contribution in [0, 0.1) is 0 Å². The lowest BCUT2D eigenvalue weighted by atomic mass is 10.1. The molecular weight excluding hydrogens is 316 g/mol. The summed E-state index contributed by atoms with van der Waals surface area (Å²) in [5.74, 6) is 0.410. The van der Waals surface area contributed by atoms with Crippen molar-refractivity contribution in [3.63, 3.8) is 0 Å². The van der Waals surface area contributed by atoms with E-state index >= 15 is 0 Å². The predicted molar refractivity (Wildman–Crippen MR) is 96.5 cm³/mol. The summed E-state index contributed by atoms with van der Waals surface area (Å²) in [4.78, 5) is 16.9. The molecule has 0 aliphatic heterocycles. The van der Waals surface area contributed by atoms with Gasteiger partial charge in [-0.15, -0.1) is 0 Å². The molecule has 1 amide bonds. The molecule has 0 radical (unpaired) electrons. The van der Waals surface area contributed by atoms with Gasteiger partial charge in [0.25, 0.3) is 5.91 Å². The van der Waals surface area contributed by atoms with Gasteiger partial charge in [-0.1, -0.05) is 18.2 Å². The van der Waals surface area contributed by atoms with E-state index in [0.29, 0.717) is 17.0 Å². The minimum atomic E-state index is -0.241. The Morgan fingerprint density at radius 1 is 1.12 bits per heavy atom. The first-order chi connectivity index (χ1) is 12.2. The number of aliphatic hydroxyl groups is 1. The number of ether oxygens (including phenoxy) is 1. The highest BCUT2D eigenvalue weighted by molar-refractivity contribution is 6.05. The van der Waals surface area contributed by atoms with Gasteiger partial charge < -0.3 is 15.2 Å². The number of carbonyl (C=O) groups is 1. The number of methoxy groups -OCH3 is 1. The molecule has 0 unspecified atom stereocenters. The fourth-order valence-corrected chi connectivity index (χ4v) is 2.52. The smallest absolute Gasteiger partial charge is 0.255 e. The maximum Gasteiger partial charge on any atom is 0.255 e. The van der Waals surface area contributed by atoms with E-state index in [4.69, 9.17) is 4.74 Å². The number of nitrogens with one attached hydrogen (secondary N) is 1. The number of aromatic nitrogens is 1. The molecule has 25 heavy (non-hydrogen) atoms. The quantitative estimate of drug-likeness (QED) is 0.749. The highest BCUT2D eigenvalue weighted by atomic mass is 16.5. The van der Waals surface area contributed by atoms with Crippen LogP contribution in [0.5, 0.6) is 5.75 Å². The van der Waals surface area contributed by atoms with Crippen molar-refractivity contribution in [2.75, 3.05) is 12.4 Å². The molecule has 0 aliphatic rings. The van der Waals surface area contributed by atoms with E-state index in [1.54, 1.807) is 55.8 Å². The van der Waals surface area contributed by atoms with Gasteiger partial charge in [-0.3, -0.25) is 9.78 Å².